The van der Waals surface area contributed by atoms with E-state index in [4.69, 9.17) is 6.57 Å². The first-order chi connectivity index (χ1) is 23.7. The summed E-state index contributed by atoms with van der Waals surface area (Å²) in [5.41, 5.74) is 11.0. The average molecular weight is 611 g/mol. The number of nitrogens with zero attached hydrogens (tertiary/aromatic N) is 4. The van der Waals surface area contributed by atoms with E-state index in [0.717, 1.165) is 55.4 Å². The minimum Gasteiger partial charge on any atom is -0.318 e. The summed E-state index contributed by atoms with van der Waals surface area (Å²) in [5, 5.41) is 14.7. The summed E-state index contributed by atoms with van der Waals surface area (Å²) in [6.07, 6.45) is 0. The highest BCUT2D eigenvalue weighted by Crippen LogP contribution is 2.42. The van der Waals surface area contributed by atoms with Gasteiger partial charge in [-0.1, -0.05) is 103 Å². The maximum Gasteiger partial charge on any atom is 0.212 e. The molecule has 0 bridgehead atoms. The van der Waals surface area contributed by atoms with Gasteiger partial charge in [0.1, 0.15) is 0 Å². The van der Waals surface area contributed by atoms with E-state index < -0.39 is 0 Å². The fourth-order valence-electron chi connectivity index (χ4n) is 7.28. The van der Waals surface area contributed by atoms with Crippen LogP contribution < -0.4 is 0 Å². The molecule has 0 saturated heterocycles. The summed E-state index contributed by atoms with van der Waals surface area (Å²) in [6, 6.07) is 56.7. The molecule has 4 heteroatoms. The van der Waals surface area contributed by atoms with Gasteiger partial charge < -0.3 is 9.13 Å². The van der Waals surface area contributed by atoms with E-state index in [-0.39, 0.29) is 0 Å². The standard InChI is InChI=1S/C44H26N4/c1-46-39-25-29(28-45)24-38(44(39)48-42-22-8-4-18-36(42)37-19-5-9-23-43(37)48)32-14-10-12-30(26-32)31-13-11-15-33(27-31)47-40-20-6-2-16-34(40)35-17-3-7-21-41(35)47/h2-27H. The lowest BCUT2D eigenvalue weighted by atomic mass is 9.95. The molecule has 0 aliphatic heterocycles. The van der Waals surface area contributed by atoms with Crippen molar-refractivity contribution in [2.24, 2.45) is 0 Å². The van der Waals surface area contributed by atoms with Crippen LogP contribution in [-0.2, 0) is 0 Å². The molecule has 0 amide bonds. The molecular weight excluding hydrogens is 585 g/mol. The highest BCUT2D eigenvalue weighted by Gasteiger charge is 2.20. The SMILES string of the molecule is [C-]#[N+]c1cc(C#N)cc(-c2cccc(-c3cccc(-n4c5ccccc5c5ccccc54)c3)c2)c1-n1c2ccccc2c2ccccc21. The molecule has 7 aromatic carbocycles. The lowest BCUT2D eigenvalue weighted by Crippen LogP contribution is -1.99. The van der Waals surface area contributed by atoms with Gasteiger partial charge in [-0.05, 0) is 76.9 Å². The second-order valence-electron chi connectivity index (χ2n) is 12.0. The van der Waals surface area contributed by atoms with Crippen molar-refractivity contribution >= 4 is 49.3 Å². The number of hydrogen-bond acceptors (Lipinski definition) is 1. The fourth-order valence-corrected chi connectivity index (χ4v) is 7.28. The molecule has 9 aromatic rings. The van der Waals surface area contributed by atoms with Gasteiger partial charge in [0.15, 0.2) is 0 Å². The molecule has 222 valence electrons. The van der Waals surface area contributed by atoms with Crippen LogP contribution in [0.5, 0.6) is 0 Å². The van der Waals surface area contributed by atoms with Crippen LogP contribution in [-0.4, -0.2) is 9.13 Å². The summed E-state index contributed by atoms with van der Waals surface area (Å²) in [6.45, 7) is 8.22. The number of benzene rings is 7. The van der Waals surface area contributed by atoms with Gasteiger partial charge in [0, 0.05) is 32.8 Å². The Balaban J connectivity index is 1.26. The summed E-state index contributed by atoms with van der Waals surface area (Å²) < 4.78 is 4.51. The third-order valence-electron chi connectivity index (χ3n) is 9.33. The maximum absolute atomic E-state index is 10.0. The van der Waals surface area contributed by atoms with Crippen molar-refractivity contribution in [3.63, 3.8) is 0 Å². The van der Waals surface area contributed by atoms with Crippen molar-refractivity contribution in [3.05, 3.63) is 175 Å². The first-order valence-electron chi connectivity index (χ1n) is 15.9. The topological polar surface area (TPSA) is 38.0 Å². The number of hydrogen-bond donors (Lipinski definition) is 0. The second kappa shape index (κ2) is 10.9. The normalized spacial score (nSPS) is 11.3. The number of rotatable bonds is 4. The number of para-hydroxylation sites is 4. The van der Waals surface area contributed by atoms with Crippen LogP contribution >= 0.6 is 0 Å². The number of nitriles is 1. The Kier molecular flexibility index (Phi) is 6.22. The smallest absolute Gasteiger partial charge is 0.212 e. The highest BCUT2D eigenvalue weighted by molar-refractivity contribution is 6.11. The van der Waals surface area contributed by atoms with E-state index in [0.29, 0.717) is 11.3 Å². The van der Waals surface area contributed by atoms with Crippen molar-refractivity contribution in [1.82, 2.24) is 9.13 Å². The Morgan fingerprint density at radius 2 is 0.958 bits per heavy atom. The molecule has 0 aliphatic carbocycles. The van der Waals surface area contributed by atoms with Gasteiger partial charge >= 0.3 is 0 Å². The van der Waals surface area contributed by atoms with E-state index in [1.165, 1.54) is 21.8 Å². The van der Waals surface area contributed by atoms with Crippen LogP contribution in [0, 0.1) is 17.9 Å². The Hall–Kier alpha value is -6.88. The molecule has 2 heterocycles. The maximum atomic E-state index is 10.0. The zero-order chi connectivity index (χ0) is 32.2. The Labute approximate surface area is 277 Å². The molecule has 0 saturated carbocycles. The lowest BCUT2D eigenvalue weighted by Gasteiger charge is -2.17. The molecule has 48 heavy (non-hydrogen) atoms. The van der Waals surface area contributed by atoms with E-state index in [9.17, 15) is 5.26 Å². The van der Waals surface area contributed by atoms with Crippen LogP contribution in [0.3, 0.4) is 0 Å². The molecule has 0 aliphatic rings. The summed E-state index contributed by atoms with van der Waals surface area (Å²) in [5.74, 6) is 0. The molecule has 0 spiro atoms. The zero-order valence-electron chi connectivity index (χ0n) is 25.8. The van der Waals surface area contributed by atoms with Gasteiger partial charge in [0.05, 0.1) is 40.4 Å². The minimum atomic E-state index is 0.439. The molecule has 0 radical (unpaired) electrons. The Morgan fingerprint density at radius 3 is 1.50 bits per heavy atom. The highest BCUT2D eigenvalue weighted by atomic mass is 15.0. The zero-order valence-corrected chi connectivity index (χ0v) is 25.8. The van der Waals surface area contributed by atoms with Crippen molar-refractivity contribution in [2.75, 3.05) is 0 Å². The van der Waals surface area contributed by atoms with Crippen LogP contribution in [0.2, 0.25) is 0 Å². The number of aromatic nitrogens is 2. The van der Waals surface area contributed by atoms with Crippen LogP contribution in [0.1, 0.15) is 5.56 Å². The van der Waals surface area contributed by atoms with E-state index in [2.05, 4.69) is 141 Å². The fraction of sp³-hybridized carbons (Fsp3) is 0. The van der Waals surface area contributed by atoms with Crippen molar-refractivity contribution in [2.45, 2.75) is 0 Å². The third-order valence-corrected chi connectivity index (χ3v) is 9.33. The van der Waals surface area contributed by atoms with Gasteiger partial charge in [-0.2, -0.15) is 5.26 Å². The minimum absolute atomic E-state index is 0.439. The largest absolute Gasteiger partial charge is 0.318 e. The van der Waals surface area contributed by atoms with Gasteiger partial charge in [0.25, 0.3) is 0 Å². The molecule has 4 nitrogen and oxygen atoms in total. The van der Waals surface area contributed by atoms with E-state index >= 15 is 0 Å². The Morgan fingerprint density at radius 1 is 0.479 bits per heavy atom. The monoisotopic (exact) mass is 610 g/mol. The summed E-state index contributed by atoms with van der Waals surface area (Å²) in [7, 11) is 0. The van der Waals surface area contributed by atoms with Crippen LogP contribution in [0.15, 0.2) is 158 Å². The predicted molar refractivity (Wildman–Crippen MR) is 197 cm³/mol. The molecular formula is C44H26N4. The third kappa shape index (κ3) is 4.14. The Bertz CT molecular complexity index is 2710. The molecule has 0 unspecified atom stereocenters. The van der Waals surface area contributed by atoms with Gasteiger partial charge in [0.2, 0.25) is 5.69 Å². The molecule has 0 atom stereocenters. The van der Waals surface area contributed by atoms with Gasteiger partial charge in [-0.3, -0.25) is 0 Å². The predicted octanol–water partition coefficient (Wildman–Crippen LogP) is 11.6. The number of fused-ring (bicyclic) bond motifs is 6. The van der Waals surface area contributed by atoms with Crippen molar-refractivity contribution in [1.29, 1.82) is 5.26 Å². The second-order valence-corrected chi connectivity index (χ2v) is 12.0. The first kappa shape index (κ1) is 27.4. The molecule has 9 rings (SSSR count). The molecule has 2 aromatic heterocycles. The first-order valence-corrected chi connectivity index (χ1v) is 15.9. The van der Waals surface area contributed by atoms with E-state index in [1.54, 1.807) is 6.07 Å². The quantitative estimate of drug-likeness (QED) is 0.183. The van der Waals surface area contributed by atoms with Crippen molar-refractivity contribution < 1.29 is 0 Å². The van der Waals surface area contributed by atoms with Crippen LogP contribution in [0.25, 0.3) is 82.1 Å². The molecule has 0 fully saturated rings. The van der Waals surface area contributed by atoms with Gasteiger partial charge in [-0.15, -0.1) is 0 Å². The lowest BCUT2D eigenvalue weighted by molar-refractivity contribution is 1.18. The molecule has 0 N–H and O–H groups in total. The van der Waals surface area contributed by atoms with E-state index in [1.807, 2.05) is 30.3 Å². The van der Waals surface area contributed by atoms with Gasteiger partial charge in [-0.25, -0.2) is 4.85 Å². The van der Waals surface area contributed by atoms with Crippen LogP contribution in [0.4, 0.5) is 5.69 Å². The summed E-state index contributed by atoms with van der Waals surface area (Å²) in [4.78, 5) is 3.98. The summed E-state index contributed by atoms with van der Waals surface area (Å²) >= 11 is 0. The average Bonchev–Trinajstić information content (AvgIpc) is 3.67. The van der Waals surface area contributed by atoms with Crippen molar-refractivity contribution in [3.8, 4) is 39.7 Å².